The van der Waals surface area contributed by atoms with Crippen molar-refractivity contribution in [3.8, 4) is 0 Å². The number of rotatable bonds is 6. The maximum Gasteiger partial charge on any atom is 0.226 e. The third kappa shape index (κ3) is 5.07. The van der Waals surface area contributed by atoms with E-state index in [0.717, 1.165) is 10.7 Å². The normalized spacial score (nSPS) is 14.9. The van der Waals surface area contributed by atoms with Crippen LogP contribution in [0.4, 0.5) is 0 Å². The SMILES string of the molecule is CSC(CO)C(C)NC(=O)Cc1csc(C(C)(C)C)n1. The molecule has 0 saturated heterocycles. The molecule has 4 nitrogen and oxygen atoms in total. The lowest BCUT2D eigenvalue weighted by Crippen LogP contribution is -2.41. The summed E-state index contributed by atoms with van der Waals surface area (Å²) in [5, 5.41) is 15.2. The van der Waals surface area contributed by atoms with Gasteiger partial charge in [0.05, 0.1) is 23.7 Å². The van der Waals surface area contributed by atoms with Crippen LogP contribution in [0, 0.1) is 0 Å². The van der Waals surface area contributed by atoms with E-state index in [0.29, 0.717) is 6.42 Å². The molecule has 0 aliphatic carbocycles. The first-order valence-corrected chi connectivity index (χ1v) is 8.82. The monoisotopic (exact) mass is 316 g/mol. The topological polar surface area (TPSA) is 62.2 Å². The van der Waals surface area contributed by atoms with Crippen LogP contribution in [0.2, 0.25) is 0 Å². The van der Waals surface area contributed by atoms with Crippen molar-refractivity contribution < 1.29 is 9.90 Å². The highest BCUT2D eigenvalue weighted by Gasteiger charge is 2.20. The maximum absolute atomic E-state index is 12.0. The quantitative estimate of drug-likeness (QED) is 0.845. The van der Waals surface area contributed by atoms with E-state index >= 15 is 0 Å². The fourth-order valence-electron chi connectivity index (χ4n) is 1.73. The van der Waals surface area contributed by atoms with Crippen LogP contribution in [0.3, 0.4) is 0 Å². The largest absolute Gasteiger partial charge is 0.395 e. The molecule has 0 spiro atoms. The second kappa shape index (κ2) is 7.43. The zero-order valence-electron chi connectivity index (χ0n) is 12.8. The molecule has 0 aliphatic heterocycles. The van der Waals surface area contributed by atoms with Crippen LogP contribution >= 0.6 is 23.1 Å². The van der Waals surface area contributed by atoms with Gasteiger partial charge in [-0.1, -0.05) is 20.8 Å². The predicted molar refractivity (Wildman–Crippen MR) is 86.5 cm³/mol. The van der Waals surface area contributed by atoms with Crippen molar-refractivity contribution in [3.63, 3.8) is 0 Å². The van der Waals surface area contributed by atoms with Crippen LogP contribution in [0.15, 0.2) is 5.38 Å². The second-order valence-corrected chi connectivity index (χ2v) is 7.82. The number of carbonyl (C=O) groups excluding carboxylic acids is 1. The maximum atomic E-state index is 12.0. The molecule has 6 heteroatoms. The second-order valence-electron chi connectivity index (χ2n) is 5.88. The van der Waals surface area contributed by atoms with E-state index in [-0.39, 0.29) is 29.2 Å². The average Bonchev–Trinajstić information content (AvgIpc) is 2.78. The van der Waals surface area contributed by atoms with Gasteiger partial charge in [0.15, 0.2) is 0 Å². The summed E-state index contributed by atoms with van der Waals surface area (Å²) in [7, 11) is 0. The molecular weight excluding hydrogens is 292 g/mol. The molecule has 0 aliphatic rings. The summed E-state index contributed by atoms with van der Waals surface area (Å²) in [6.07, 6.45) is 2.23. The number of aliphatic hydroxyl groups excluding tert-OH is 1. The number of aliphatic hydroxyl groups is 1. The number of thiazole rings is 1. The molecule has 20 heavy (non-hydrogen) atoms. The summed E-state index contributed by atoms with van der Waals surface area (Å²) in [5.41, 5.74) is 0.836. The van der Waals surface area contributed by atoms with Gasteiger partial charge in [0.25, 0.3) is 0 Å². The minimum atomic E-state index is -0.0526. The minimum absolute atomic E-state index is 0.0213. The molecule has 1 rings (SSSR count). The molecule has 0 aromatic carbocycles. The lowest BCUT2D eigenvalue weighted by molar-refractivity contribution is -0.121. The van der Waals surface area contributed by atoms with Crippen molar-refractivity contribution in [1.82, 2.24) is 10.3 Å². The van der Waals surface area contributed by atoms with Crippen LogP contribution < -0.4 is 5.32 Å². The first kappa shape index (κ1) is 17.5. The third-order valence-electron chi connectivity index (χ3n) is 2.96. The van der Waals surface area contributed by atoms with E-state index in [9.17, 15) is 9.90 Å². The summed E-state index contributed by atoms with van der Waals surface area (Å²) >= 11 is 3.15. The van der Waals surface area contributed by atoms with E-state index in [1.807, 2.05) is 18.6 Å². The number of thioether (sulfide) groups is 1. The number of nitrogens with one attached hydrogen (secondary N) is 1. The van der Waals surface area contributed by atoms with E-state index in [1.165, 1.54) is 0 Å². The summed E-state index contributed by atoms with van der Waals surface area (Å²) in [5.74, 6) is -0.0456. The number of hydrogen-bond acceptors (Lipinski definition) is 5. The van der Waals surface area contributed by atoms with Crippen LogP contribution in [0.25, 0.3) is 0 Å². The van der Waals surface area contributed by atoms with E-state index in [4.69, 9.17) is 0 Å². The summed E-state index contributed by atoms with van der Waals surface area (Å²) in [6.45, 7) is 8.32. The van der Waals surface area contributed by atoms with Crippen molar-refractivity contribution in [2.24, 2.45) is 0 Å². The molecule has 1 aromatic heterocycles. The fraction of sp³-hybridized carbons (Fsp3) is 0.714. The summed E-state index contributed by atoms with van der Waals surface area (Å²) in [4.78, 5) is 16.5. The molecule has 2 N–H and O–H groups in total. The molecule has 114 valence electrons. The summed E-state index contributed by atoms with van der Waals surface area (Å²) < 4.78 is 0. The molecular formula is C14H24N2O2S2. The van der Waals surface area contributed by atoms with Crippen molar-refractivity contribution in [2.75, 3.05) is 12.9 Å². The Hall–Kier alpha value is -0.590. The van der Waals surface area contributed by atoms with Crippen LogP contribution in [-0.4, -0.2) is 40.2 Å². The zero-order valence-corrected chi connectivity index (χ0v) is 14.4. The Balaban J connectivity index is 2.56. The smallest absolute Gasteiger partial charge is 0.226 e. The highest BCUT2D eigenvalue weighted by Crippen LogP contribution is 2.25. The number of amides is 1. The molecule has 2 unspecified atom stereocenters. The molecule has 1 heterocycles. The number of carbonyl (C=O) groups is 1. The lowest BCUT2D eigenvalue weighted by Gasteiger charge is -2.21. The molecule has 1 amide bonds. The van der Waals surface area contributed by atoms with Gasteiger partial charge in [0.2, 0.25) is 5.91 Å². The third-order valence-corrected chi connectivity index (χ3v) is 5.44. The zero-order chi connectivity index (χ0) is 15.3. The lowest BCUT2D eigenvalue weighted by atomic mass is 9.98. The van der Waals surface area contributed by atoms with Crippen molar-refractivity contribution in [3.05, 3.63) is 16.1 Å². The van der Waals surface area contributed by atoms with E-state index in [2.05, 4.69) is 31.1 Å². The van der Waals surface area contributed by atoms with Crippen molar-refractivity contribution in [2.45, 2.75) is 50.8 Å². The van der Waals surface area contributed by atoms with Crippen LogP contribution in [0.5, 0.6) is 0 Å². The Bertz CT molecular complexity index is 437. The van der Waals surface area contributed by atoms with E-state index in [1.54, 1.807) is 23.1 Å². The Kier molecular flexibility index (Phi) is 6.48. The molecule has 0 bridgehead atoms. The fourth-order valence-corrected chi connectivity index (χ4v) is 3.26. The first-order chi connectivity index (χ1) is 9.27. The van der Waals surface area contributed by atoms with E-state index < -0.39 is 0 Å². The predicted octanol–water partition coefficient (Wildman–Crippen LogP) is 2.21. The Morgan fingerprint density at radius 3 is 2.65 bits per heavy atom. The molecule has 0 saturated carbocycles. The molecule has 0 fully saturated rings. The van der Waals surface area contributed by atoms with Gasteiger partial charge in [0, 0.05) is 22.1 Å². The Morgan fingerprint density at radius 2 is 2.20 bits per heavy atom. The average molecular weight is 316 g/mol. The number of hydrogen-bond donors (Lipinski definition) is 2. The highest BCUT2D eigenvalue weighted by atomic mass is 32.2. The van der Waals surface area contributed by atoms with Gasteiger partial charge in [0.1, 0.15) is 0 Å². The minimum Gasteiger partial charge on any atom is -0.395 e. The van der Waals surface area contributed by atoms with Crippen molar-refractivity contribution >= 4 is 29.0 Å². The van der Waals surface area contributed by atoms with Crippen LogP contribution in [0.1, 0.15) is 38.4 Å². The van der Waals surface area contributed by atoms with Gasteiger partial charge < -0.3 is 10.4 Å². The molecule has 0 radical (unpaired) electrons. The van der Waals surface area contributed by atoms with Gasteiger partial charge in [-0.3, -0.25) is 4.79 Å². The van der Waals surface area contributed by atoms with Gasteiger partial charge in [-0.15, -0.1) is 11.3 Å². The van der Waals surface area contributed by atoms with Gasteiger partial charge in [-0.2, -0.15) is 11.8 Å². The van der Waals surface area contributed by atoms with Crippen LogP contribution in [-0.2, 0) is 16.6 Å². The first-order valence-electron chi connectivity index (χ1n) is 6.65. The number of aromatic nitrogens is 1. The highest BCUT2D eigenvalue weighted by molar-refractivity contribution is 7.99. The van der Waals surface area contributed by atoms with Crippen molar-refractivity contribution in [1.29, 1.82) is 0 Å². The molecule has 1 aromatic rings. The van der Waals surface area contributed by atoms with Gasteiger partial charge in [-0.05, 0) is 13.2 Å². The van der Waals surface area contributed by atoms with Gasteiger partial charge in [-0.25, -0.2) is 4.98 Å². The standard InChI is InChI=1S/C14H24N2O2S2/c1-9(11(7-17)19-5)15-12(18)6-10-8-20-13(16-10)14(2,3)4/h8-9,11,17H,6-7H2,1-5H3,(H,15,18). The summed E-state index contributed by atoms with van der Waals surface area (Å²) in [6, 6.07) is -0.0526. The Labute approximate surface area is 129 Å². The Morgan fingerprint density at radius 1 is 1.55 bits per heavy atom. The molecule has 2 atom stereocenters. The van der Waals surface area contributed by atoms with Gasteiger partial charge >= 0.3 is 0 Å². The number of nitrogens with zero attached hydrogens (tertiary/aromatic N) is 1.